The van der Waals surface area contributed by atoms with Crippen LogP contribution in [0.1, 0.15) is 25.3 Å². The zero-order chi connectivity index (χ0) is 13.2. The topological polar surface area (TPSA) is 61.2 Å². The van der Waals surface area contributed by atoms with Crippen LogP contribution >= 0.6 is 0 Å². The van der Waals surface area contributed by atoms with Crippen LogP contribution < -0.4 is 4.31 Å². The van der Waals surface area contributed by atoms with E-state index in [0.717, 1.165) is 30.5 Å². The highest BCUT2D eigenvalue weighted by Gasteiger charge is 2.31. The summed E-state index contributed by atoms with van der Waals surface area (Å²) in [5.74, 6) is 0. The lowest BCUT2D eigenvalue weighted by Gasteiger charge is -2.25. The number of anilines is 1. The normalized spacial score (nSPS) is 17.4. The monoisotopic (exact) mass is 264 g/mol. The molecule has 1 aliphatic heterocycles. The summed E-state index contributed by atoms with van der Waals surface area (Å²) < 4.78 is 26.1. The van der Waals surface area contributed by atoms with Crippen molar-refractivity contribution < 1.29 is 8.42 Å². The lowest BCUT2D eigenvalue weighted by Crippen LogP contribution is -2.37. The van der Waals surface area contributed by atoms with Crippen molar-refractivity contribution in [2.45, 2.75) is 31.4 Å². The lowest BCUT2D eigenvalue weighted by molar-refractivity contribution is 0.585. The number of aryl methyl sites for hydroxylation is 1. The fourth-order valence-corrected chi connectivity index (χ4v) is 3.53. The van der Waals surface area contributed by atoms with Crippen LogP contribution in [0.4, 0.5) is 5.69 Å². The van der Waals surface area contributed by atoms with Crippen molar-refractivity contribution in [1.29, 1.82) is 5.26 Å². The summed E-state index contributed by atoms with van der Waals surface area (Å²) in [6.45, 7) is 1.90. The number of nitriles is 1. The van der Waals surface area contributed by atoms with E-state index in [1.807, 2.05) is 30.3 Å². The molecule has 0 fully saturated rings. The number of fused-ring (bicyclic) bond motifs is 1. The number of sulfonamides is 1. The van der Waals surface area contributed by atoms with Gasteiger partial charge in [0.1, 0.15) is 0 Å². The molecule has 1 unspecified atom stereocenters. The first-order valence-corrected chi connectivity index (χ1v) is 7.57. The molecule has 0 aliphatic carbocycles. The van der Waals surface area contributed by atoms with Gasteiger partial charge in [-0.1, -0.05) is 18.2 Å². The Labute approximate surface area is 108 Å². The van der Waals surface area contributed by atoms with E-state index in [4.69, 9.17) is 5.26 Å². The standard InChI is InChI=1S/C13H16N2O2S/c1-11(10-14)18(16,17)15-9-5-4-7-12-6-2-3-8-13(12)15/h2-3,6,8,11H,4-5,7,9H2,1H3. The molecule has 5 heteroatoms. The van der Waals surface area contributed by atoms with Gasteiger partial charge in [-0.25, -0.2) is 8.42 Å². The van der Waals surface area contributed by atoms with Crippen LogP contribution in [0.2, 0.25) is 0 Å². The van der Waals surface area contributed by atoms with Crippen molar-refractivity contribution in [2.24, 2.45) is 0 Å². The molecule has 96 valence electrons. The Kier molecular flexibility index (Phi) is 3.58. The van der Waals surface area contributed by atoms with Crippen LogP contribution in [-0.4, -0.2) is 20.2 Å². The fraction of sp³-hybridized carbons (Fsp3) is 0.462. The van der Waals surface area contributed by atoms with Gasteiger partial charge in [-0.05, 0) is 37.8 Å². The van der Waals surface area contributed by atoms with Gasteiger partial charge >= 0.3 is 0 Å². The van der Waals surface area contributed by atoms with Crippen LogP contribution in [0.3, 0.4) is 0 Å². The van der Waals surface area contributed by atoms with Gasteiger partial charge < -0.3 is 0 Å². The Morgan fingerprint density at radius 3 is 2.78 bits per heavy atom. The van der Waals surface area contributed by atoms with Gasteiger partial charge in [-0.15, -0.1) is 0 Å². The van der Waals surface area contributed by atoms with E-state index >= 15 is 0 Å². The summed E-state index contributed by atoms with van der Waals surface area (Å²) in [5, 5.41) is 7.85. The van der Waals surface area contributed by atoms with Crippen molar-refractivity contribution in [2.75, 3.05) is 10.8 Å². The number of hydrogen-bond acceptors (Lipinski definition) is 3. The lowest BCUT2D eigenvalue weighted by atomic mass is 10.1. The Morgan fingerprint density at radius 1 is 1.33 bits per heavy atom. The predicted octanol–water partition coefficient (Wildman–Crippen LogP) is 2.07. The summed E-state index contributed by atoms with van der Waals surface area (Å²) in [4.78, 5) is 0. The third-order valence-corrected chi connectivity index (χ3v) is 5.25. The molecule has 0 aromatic heterocycles. The molecule has 0 saturated carbocycles. The summed E-state index contributed by atoms with van der Waals surface area (Å²) in [5.41, 5.74) is 1.78. The Balaban J connectivity index is 2.50. The van der Waals surface area contributed by atoms with E-state index in [2.05, 4.69) is 0 Å². The second-order valence-corrected chi connectivity index (χ2v) is 6.65. The van der Waals surface area contributed by atoms with Crippen molar-refractivity contribution in [3.63, 3.8) is 0 Å². The minimum Gasteiger partial charge on any atom is -0.269 e. The van der Waals surface area contributed by atoms with Gasteiger partial charge in [0.05, 0.1) is 11.8 Å². The average molecular weight is 264 g/mol. The van der Waals surface area contributed by atoms with E-state index in [0.29, 0.717) is 6.54 Å². The molecule has 0 saturated heterocycles. The van der Waals surface area contributed by atoms with E-state index in [-0.39, 0.29) is 0 Å². The molecule has 0 spiro atoms. The van der Waals surface area contributed by atoms with Gasteiger partial charge in [-0.2, -0.15) is 5.26 Å². The maximum atomic E-state index is 12.3. The maximum absolute atomic E-state index is 12.3. The van der Waals surface area contributed by atoms with E-state index in [1.165, 1.54) is 11.2 Å². The van der Waals surface area contributed by atoms with Gasteiger partial charge in [0.25, 0.3) is 10.0 Å². The molecule has 4 nitrogen and oxygen atoms in total. The highest BCUT2D eigenvalue weighted by Crippen LogP contribution is 2.29. The zero-order valence-electron chi connectivity index (χ0n) is 10.3. The molecule has 18 heavy (non-hydrogen) atoms. The Hall–Kier alpha value is -1.54. The second kappa shape index (κ2) is 4.99. The Bertz CT molecular complexity index is 575. The van der Waals surface area contributed by atoms with Gasteiger partial charge in [0.2, 0.25) is 0 Å². The third-order valence-electron chi connectivity index (χ3n) is 3.25. The molecule has 1 aromatic carbocycles. The molecule has 0 bridgehead atoms. The molecule has 2 rings (SSSR count). The highest BCUT2D eigenvalue weighted by molar-refractivity contribution is 7.93. The molecule has 1 atom stereocenters. The fourth-order valence-electron chi connectivity index (χ4n) is 2.18. The SMILES string of the molecule is CC(C#N)S(=O)(=O)N1CCCCc2ccccc21. The number of benzene rings is 1. The van der Waals surface area contributed by atoms with Gasteiger partial charge in [-0.3, -0.25) is 4.31 Å². The average Bonchev–Trinajstić information content (AvgIpc) is 2.60. The van der Waals surface area contributed by atoms with Crippen LogP contribution in [0.5, 0.6) is 0 Å². The first-order valence-electron chi connectivity index (χ1n) is 6.06. The summed E-state index contributed by atoms with van der Waals surface area (Å²) in [6, 6.07) is 9.36. The number of hydrogen-bond donors (Lipinski definition) is 0. The second-order valence-electron chi connectivity index (χ2n) is 4.47. The molecular weight excluding hydrogens is 248 g/mol. The van der Waals surface area contributed by atoms with Crippen molar-refractivity contribution in [3.8, 4) is 6.07 Å². The van der Waals surface area contributed by atoms with Crippen molar-refractivity contribution >= 4 is 15.7 Å². The summed E-state index contributed by atoms with van der Waals surface area (Å²) >= 11 is 0. The van der Waals surface area contributed by atoms with Crippen molar-refractivity contribution in [1.82, 2.24) is 0 Å². The molecule has 0 amide bonds. The summed E-state index contributed by atoms with van der Waals surface area (Å²) in [6.07, 6.45) is 2.69. The molecule has 1 aliphatic rings. The van der Waals surface area contributed by atoms with Gasteiger partial charge in [0, 0.05) is 6.54 Å². The molecule has 1 aromatic rings. The number of rotatable bonds is 2. The minimum absolute atomic E-state index is 0.464. The van der Waals surface area contributed by atoms with Gasteiger partial charge in [0.15, 0.2) is 5.25 Å². The van der Waals surface area contributed by atoms with E-state index in [1.54, 1.807) is 0 Å². The number of para-hydroxylation sites is 1. The molecular formula is C13H16N2O2S. The summed E-state index contributed by atoms with van der Waals surface area (Å²) in [7, 11) is -3.58. The zero-order valence-corrected chi connectivity index (χ0v) is 11.2. The largest absolute Gasteiger partial charge is 0.269 e. The first kappa shape index (κ1) is 12.9. The number of nitrogens with zero attached hydrogens (tertiary/aromatic N) is 2. The van der Waals surface area contributed by atoms with E-state index in [9.17, 15) is 8.42 Å². The highest BCUT2D eigenvalue weighted by atomic mass is 32.2. The van der Waals surface area contributed by atoms with Crippen LogP contribution in [0.15, 0.2) is 24.3 Å². The molecule has 0 radical (unpaired) electrons. The molecule has 1 heterocycles. The van der Waals surface area contributed by atoms with Crippen LogP contribution in [0, 0.1) is 11.3 Å². The predicted molar refractivity (Wildman–Crippen MR) is 70.7 cm³/mol. The third kappa shape index (κ3) is 2.21. The maximum Gasteiger partial charge on any atom is 0.251 e. The van der Waals surface area contributed by atoms with Crippen LogP contribution in [-0.2, 0) is 16.4 Å². The molecule has 0 N–H and O–H groups in total. The van der Waals surface area contributed by atoms with Crippen LogP contribution in [0.25, 0.3) is 0 Å². The quantitative estimate of drug-likeness (QED) is 0.821. The Morgan fingerprint density at radius 2 is 2.06 bits per heavy atom. The van der Waals surface area contributed by atoms with E-state index < -0.39 is 15.3 Å². The van der Waals surface area contributed by atoms with Crippen molar-refractivity contribution in [3.05, 3.63) is 29.8 Å². The first-order chi connectivity index (χ1) is 8.57. The minimum atomic E-state index is -3.58. The smallest absolute Gasteiger partial charge is 0.251 e.